The highest BCUT2D eigenvalue weighted by atomic mass is 19.1. The lowest BCUT2D eigenvalue weighted by molar-refractivity contribution is 0.212. The Labute approximate surface area is 110 Å². The molecule has 0 fully saturated rings. The van der Waals surface area contributed by atoms with Gasteiger partial charge in [-0.25, -0.2) is 13.6 Å². The Hall–Kier alpha value is -1.69. The molecule has 0 saturated heterocycles. The fourth-order valence-corrected chi connectivity index (χ4v) is 1.63. The molecular weight excluding hydrogens is 254 g/mol. The van der Waals surface area contributed by atoms with E-state index in [4.69, 9.17) is 5.11 Å². The molecule has 1 aromatic carbocycles. The number of rotatable bonds is 5. The van der Waals surface area contributed by atoms with Crippen molar-refractivity contribution in [1.29, 1.82) is 0 Å². The van der Waals surface area contributed by atoms with E-state index >= 15 is 0 Å². The lowest BCUT2D eigenvalue weighted by Crippen LogP contribution is -2.44. The SMILES string of the molecule is CCC(CO)NC(=O)NC(C)c1ccc(F)cc1F. The fraction of sp³-hybridized carbons (Fsp3) is 0.462. The minimum atomic E-state index is -0.706. The number of aliphatic hydroxyl groups is 1. The summed E-state index contributed by atoms with van der Waals surface area (Å²) in [7, 11) is 0. The average molecular weight is 272 g/mol. The molecule has 106 valence electrons. The maximum atomic E-state index is 13.5. The van der Waals surface area contributed by atoms with Gasteiger partial charge in [-0.15, -0.1) is 0 Å². The van der Waals surface area contributed by atoms with Gasteiger partial charge >= 0.3 is 6.03 Å². The van der Waals surface area contributed by atoms with Crippen molar-refractivity contribution < 1.29 is 18.7 Å². The Morgan fingerprint density at radius 1 is 1.37 bits per heavy atom. The maximum absolute atomic E-state index is 13.5. The Morgan fingerprint density at radius 3 is 2.58 bits per heavy atom. The van der Waals surface area contributed by atoms with E-state index in [1.807, 2.05) is 6.92 Å². The van der Waals surface area contributed by atoms with Crippen LogP contribution >= 0.6 is 0 Å². The van der Waals surface area contributed by atoms with Gasteiger partial charge in [-0.2, -0.15) is 0 Å². The summed E-state index contributed by atoms with van der Waals surface area (Å²) in [6.07, 6.45) is 0.587. The number of nitrogens with one attached hydrogen (secondary N) is 2. The molecule has 2 unspecified atom stereocenters. The summed E-state index contributed by atoms with van der Waals surface area (Å²) in [5, 5.41) is 14.0. The van der Waals surface area contributed by atoms with E-state index in [1.54, 1.807) is 6.92 Å². The van der Waals surface area contributed by atoms with Crippen LogP contribution in [0.1, 0.15) is 31.9 Å². The number of carbonyl (C=O) groups is 1. The Bertz CT molecular complexity index is 437. The number of benzene rings is 1. The van der Waals surface area contributed by atoms with Gasteiger partial charge in [-0.05, 0) is 19.4 Å². The Kier molecular flexibility index (Phi) is 5.69. The summed E-state index contributed by atoms with van der Waals surface area (Å²) in [6.45, 7) is 3.25. The van der Waals surface area contributed by atoms with Crippen LogP contribution in [0.4, 0.5) is 13.6 Å². The van der Waals surface area contributed by atoms with Crippen LogP contribution in [-0.4, -0.2) is 23.8 Å². The van der Waals surface area contributed by atoms with E-state index in [-0.39, 0.29) is 18.2 Å². The predicted octanol–water partition coefficient (Wildman–Crippen LogP) is 2.10. The van der Waals surface area contributed by atoms with Crippen molar-refractivity contribution >= 4 is 6.03 Å². The highest BCUT2D eigenvalue weighted by Gasteiger charge is 2.15. The summed E-state index contributed by atoms with van der Waals surface area (Å²) in [5.41, 5.74) is 0.202. The van der Waals surface area contributed by atoms with Crippen molar-refractivity contribution in [2.24, 2.45) is 0 Å². The van der Waals surface area contributed by atoms with Crippen LogP contribution in [0.5, 0.6) is 0 Å². The van der Waals surface area contributed by atoms with Crippen molar-refractivity contribution in [1.82, 2.24) is 10.6 Å². The first-order valence-electron chi connectivity index (χ1n) is 6.10. The molecule has 0 bridgehead atoms. The van der Waals surface area contributed by atoms with Crippen LogP contribution < -0.4 is 10.6 Å². The Balaban J connectivity index is 2.63. The maximum Gasteiger partial charge on any atom is 0.315 e. The van der Waals surface area contributed by atoms with E-state index in [0.29, 0.717) is 6.42 Å². The number of carbonyl (C=O) groups excluding carboxylic acids is 1. The van der Waals surface area contributed by atoms with Gasteiger partial charge in [0.15, 0.2) is 0 Å². The van der Waals surface area contributed by atoms with Crippen molar-refractivity contribution in [3.8, 4) is 0 Å². The number of hydrogen-bond donors (Lipinski definition) is 3. The molecule has 0 radical (unpaired) electrons. The van der Waals surface area contributed by atoms with E-state index in [9.17, 15) is 13.6 Å². The van der Waals surface area contributed by atoms with E-state index in [0.717, 1.165) is 12.1 Å². The second-order valence-electron chi connectivity index (χ2n) is 4.29. The second-order valence-corrected chi connectivity index (χ2v) is 4.29. The molecule has 0 aliphatic rings. The van der Waals surface area contributed by atoms with Gasteiger partial charge < -0.3 is 15.7 Å². The van der Waals surface area contributed by atoms with Gasteiger partial charge in [0.2, 0.25) is 0 Å². The summed E-state index contributed by atoms with van der Waals surface area (Å²) in [5.74, 6) is -1.37. The van der Waals surface area contributed by atoms with Crippen LogP contribution in [0.15, 0.2) is 18.2 Å². The molecule has 0 saturated carbocycles. The molecule has 0 heterocycles. The number of hydrogen-bond acceptors (Lipinski definition) is 2. The molecule has 6 heteroatoms. The fourth-order valence-electron chi connectivity index (χ4n) is 1.63. The van der Waals surface area contributed by atoms with Gasteiger partial charge in [0.05, 0.1) is 18.7 Å². The monoisotopic (exact) mass is 272 g/mol. The molecule has 2 atom stereocenters. The smallest absolute Gasteiger partial charge is 0.315 e. The number of urea groups is 1. The highest BCUT2D eigenvalue weighted by molar-refractivity contribution is 5.74. The second kappa shape index (κ2) is 7.04. The summed E-state index contributed by atoms with van der Waals surface area (Å²) < 4.78 is 26.3. The molecule has 1 aromatic rings. The minimum Gasteiger partial charge on any atom is -0.394 e. The molecule has 4 nitrogen and oxygen atoms in total. The zero-order chi connectivity index (χ0) is 14.4. The predicted molar refractivity (Wildman–Crippen MR) is 67.6 cm³/mol. The standard InChI is InChI=1S/C13H18F2N2O2/c1-3-10(7-18)17-13(19)16-8(2)11-5-4-9(14)6-12(11)15/h4-6,8,10,18H,3,7H2,1-2H3,(H2,16,17,19). The molecule has 1 rings (SSSR count). The molecule has 0 aromatic heterocycles. The van der Waals surface area contributed by atoms with Crippen LogP contribution in [-0.2, 0) is 0 Å². The van der Waals surface area contributed by atoms with Gasteiger partial charge in [0, 0.05) is 11.6 Å². The topological polar surface area (TPSA) is 61.4 Å². The molecule has 19 heavy (non-hydrogen) atoms. The third-order valence-corrected chi connectivity index (χ3v) is 2.83. The van der Waals surface area contributed by atoms with Crippen molar-refractivity contribution in [2.75, 3.05) is 6.61 Å². The average Bonchev–Trinajstić information content (AvgIpc) is 2.35. The van der Waals surface area contributed by atoms with Crippen LogP contribution in [0.25, 0.3) is 0 Å². The highest BCUT2D eigenvalue weighted by Crippen LogP contribution is 2.17. The Morgan fingerprint density at radius 2 is 2.05 bits per heavy atom. The first-order chi connectivity index (χ1) is 8.97. The molecule has 0 aliphatic carbocycles. The van der Waals surface area contributed by atoms with Gasteiger partial charge in [-0.3, -0.25) is 0 Å². The molecule has 3 N–H and O–H groups in total. The molecular formula is C13H18F2N2O2. The summed E-state index contributed by atoms with van der Waals surface area (Å²) in [4.78, 5) is 11.6. The quantitative estimate of drug-likeness (QED) is 0.768. The minimum absolute atomic E-state index is 0.163. The van der Waals surface area contributed by atoms with Gasteiger partial charge in [0.25, 0.3) is 0 Å². The molecule has 0 aliphatic heterocycles. The lowest BCUT2D eigenvalue weighted by Gasteiger charge is -2.19. The first-order valence-corrected chi connectivity index (χ1v) is 6.10. The normalized spacial score (nSPS) is 13.7. The van der Waals surface area contributed by atoms with Gasteiger partial charge in [-0.1, -0.05) is 13.0 Å². The number of amides is 2. The van der Waals surface area contributed by atoms with Crippen molar-refractivity contribution in [3.63, 3.8) is 0 Å². The molecule has 2 amide bonds. The number of aliphatic hydroxyl groups excluding tert-OH is 1. The van der Waals surface area contributed by atoms with E-state index < -0.39 is 23.7 Å². The van der Waals surface area contributed by atoms with Crippen LogP contribution in [0.3, 0.4) is 0 Å². The molecule has 0 spiro atoms. The largest absolute Gasteiger partial charge is 0.394 e. The lowest BCUT2D eigenvalue weighted by atomic mass is 10.1. The van der Waals surface area contributed by atoms with E-state index in [2.05, 4.69) is 10.6 Å². The summed E-state index contributed by atoms with van der Waals surface area (Å²) >= 11 is 0. The third kappa shape index (κ3) is 4.48. The van der Waals surface area contributed by atoms with Crippen LogP contribution in [0.2, 0.25) is 0 Å². The zero-order valence-electron chi connectivity index (χ0n) is 10.9. The first kappa shape index (κ1) is 15.4. The zero-order valence-corrected chi connectivity index (χ0v) is 10.9. The number of halogens is 2. The summed E-state index contributed by atoms with van der Waals surface area (Å²) in [6, 6.07) is 1.75. The van der Waals surface area contributed by atoms with E-state index in [1.165, 1.54) is 6.07 Å². The van der Waals surface area contributed by atoms with Crippen molar-refractivity contribution in [3.05, 3.63) is 35.4 Å². The third-order valence-electron chi connectivity index (χ3n) is 2.83. The van der Waals surface area contributed by atoms with Crippen molar-refractivity contribution in [2.45, 2.75) is 32.4 Å². The van der Waals surface area contributed by atoms with Gasteiger partial charge in [0.1, 0.15) is 11.6 Å². The van der Waals surface area contributed by atoms with Crippen LogP contribution in [0, 0.1) is 11.6 Å².